The largest absolute Gasteiger partial charge is 0.452 e. The fraction of sp³-hybridized carbons (Fsp3) is 0.263. The van der Waals surface area contributed by atoms with Crippen molar-refractivity contribution in [2.75, 3.05) is 11.9 Å². The van der Waals surface area contributed by atoms with E-state index in [1.807, 2.05) is 12.1 Å². The van der Waals surface area contributed by atoms with E-state index in [9.17, 15) is 14.0 Å². The molecule has 0 bridgehead atoms. The minimum Gasteiger partial charge on any atom is -0.452 e. The number of amides is 1. The number of ether oxygens (including phenoxy) is 1. The van der Waals surface area contributed by atoms with Crippen molar-refractivity contribution in [3.05, 3.63) is 65.5 Å². The van der Waals surface area contributed by atoms with E-state index in [-0.39, 0.29) is 5.41 Å². The van der Waals surface area contributed by atoms with Crippen molar-refractivity contribution >= 4 is 17.6 Å². The van der Waals surface area contributed by atoms with Crippen molar-refractivity contribution in [3.8, 4) is 0 Å². The summed E-state index contributed by atoms with van der Waals surface area (Å²) in [6.45, 7) is 5.84. The zero-order valence-electron chi connectivity index (χ0n) is 13.9. The number of rotatable bonds is 4. The van der Waals surface area contributed by atoms with Gasteiger partial charge in [0.25, 0.3) is 5.91 Å². The molecule has 24 heavy (non-hydrogen) atoms. The summed E-state index contributed by atoms with van der Waals surface area (Å²) >= 11 is 0. The van der Waals surface area contributed by atoms with Gasteiger partial charge in [0, 0.05) is 5.69 Å². The average molecular weight is 329 g/mol. The van der Waals surface area contributed by atoms with E-state index in [4.69, 9.17) is 4.74 Å². The monoisotopic (exact) mass is 329 g/mol. The molecule has 0 spiro atoms. The molecule has 1 amide bonds. The van der Waals surface area contributed by atoms with Crippen LogP contribution in [-0.4, -0.2) is 18.5 Å². The van der Waals surface area contributed by atoms with Gasteiger partial charge in [-0.25, -0.2) is 9.18 Å². The summed E-state index contributed by atoms with van der Waals surface area (Å²) in [5, 5.41) is 2.52. The third kappa shape index (κ3) is 4.91. The van der Waals surface area contributed by atoms with E-state index in [0.29, 0.717) is 11.3 Å². The smallest absolute Gasteiger partial charge is 0.338 e. The first-order valence-electron chi connectivity index (χ1n) is 7.59. The van der Waals surface area contributed by atoms with Crippen LogP contribution in [0.15, 0.2) is 48.5 Å². The summed E-state index contributed by atoms with van der Waals surface area (Å²) in [4.78, 5) is 23.7. The van der Waals surface area contributed by atoms with Crippen molar-refractivity contribution in [1.82, 2.24) is 0 Å². The van der Waals surface area contributed by atoms with Crippen LogP contribution in [0.2, 0.25) is 0 Å². The molecule has 0 aliphatic heterocycles. The molecular formula is C19H20FNO3. The van der Waals surface area contributed by atoms with Gasteiger partial charge in [-0.1, -0.05) is 32.9 Å². The van der Waals surface area contributed by atoms with E-state index >= 15 is 0 Å². The molecule has 2 aromatic carbocycles. The number of hydrogen-bond acceptors (Lipinski definition) is 3. The summed E-state index contributed by atoms with van der Waals surface area (Å²) in [6.07, 6.45) is 0. The third-order valence-electron chi connectivity index (χ3n) is 3.45. The Morgan fingerprint density at radius 3 is 2.12 bits per heavy atom. The molecule has 4 nitrogen and oxygen atoms in total. The number of carbonyl (C=O) groups is 2. The first kappa shape index (κ1) is 17.7. The van der Waals surface area contributed by atoms with Crippen molar-refractivity contribution in [2.24, 2.45) is 0 Å². The van der Waals surface area contributed by atoms with Crippen molar-refractivity contribution < 1.29 is 18.7 Å². The van der Waals surface area contributed by atoms with Gasteiger partial charge in [-0.15, -0.1) is 0 Å². The maximum Gasteiger partial charge on any atom is 0.338 e. The van der Waals surface area contributed by atoms with Crippen LogP contribution in [0.4, 0.5) is 10.1 Å². The maximum absolute atomic E-state index is 12.8. The second-order valence-corrected chi connectivity index (χ2v) is 6.46. The van der Waals surface area contributed by atoms with Crippen molar-refractivity contribution in [1.29, 1.82) is 0 Å². The van der Waals surface area contributed by atoms with E-state index in [0.717, 1.165) is 5.56 Å². The van der Waals surface area contributed by atoms with Gasteiger partial charge in [-0.2, -0.15) is 0 Å². The van der Waals surface area contributed by atoms with Crippen LogP contribution in [0.1, 0.15) is 36.7 Å². The van der Waals surface area contributed by atoms with E-state index in [1.165, 1.54) is 24.3 Å². The molecule has 2 aromatic rings. The summed E-state index contributed by atoms with van der Waals surface area (Å²) in [7, 11) is 0. The predicted molar refractivity (Wildman–Crippen MR) is 90.5 cm³/mol. The second kappa shape index (κ2) is 7.25. The molecule has 0 heterocycles. The van der Waals surface area contributed by atoms with Crippen LogP contribution in [0.3, 0.4) is 0 Å². The molecule has 1 N–H and O–H groups in total. The van der Waals surface area contributed by atoms with Gasteiger partial charge < -0.3 is 10.1 Å². The summed E-state index contributed by atoms with van der Waals surface area (Å²) in [5.41, 5.74) is 1.93. The minimum absolute atomic E-state index is 0.00250. The first-order chi connectivity index (χ1) is 11.3. The molecule has 0 saturated heterocycles. The second-order valence-electron chi connectivity index (χ2n) is 6.46. The van der Waals surface area contributed by atoms with Crippen LogP contribution >= 0.6 is 0 Å². The predicted octanol–water partition coefficient (Wildman–Crippen LogP) is 3.92. The summed E-state index contributed by atoms with van der Waals surface area (Å²) in [5.74, 6) is -1.44. The van der Waals surface area contributed by atoms with Crippen molar-refractivity contribution in [2.45, 2.75) is 26.2 Å². The quantitative estimate of drug-likeness (QED) is 0.865. The Morgan fingerprint density at radius 2 is 1.58 bits per heavy atom. The van der Waals surface area contributed by atoms with Crippen molar-refractivity contribution in [3.63, 3.8) is 0 Å². The third-order valence-corrected chi connectivity index (χ3v) is 3.45. The summed E-state index contributed by atoms with van der Waals surface area (Å²) in [6, 6.07) is 12.4. The Morgan fingerprint density at radius 1 is 1.00 bits per heavy atom. The molecule has 0 aliphatic carbocycles. The SMILES string of the molecule is CC(C)(C)c1ccc(C(=O)OCC(=O)Nc2ccc(F)cc2)cc1. The topological polar surface area (TPSA) is 55.4 Å². The van der Waals surface area contributed by atoms with Gasteiger partial charge >= 0.3 is 5.97 Å². The number of halogens is 1. The zero-order chi connectivity index (χ0) is 17.7. The molecule has 2 rings (SSSR count). The van der Waals surface area contributed by atoms with Crippen LogP contribution in [-0.2, 0) is 14.9 Å². The van der Waals surface area contributed by atoms with Crippen LogP contribution in [0.5, 0.6) is 0 Å². The number of anilines is 1. The lowest BCUT2D eigenvalue weighted by atomic mass is 9.87. The van der Waals surface area contributed by atoms with Gasteiger partial charge in [0.1, 0.15) is 5.82 Å². The van der Waals surface area contributed by atoms with Gasteiger partial charge in [0.15, 0.2) is 6.61 Å². The molecule has 0 unspecified atom stereocenters. The minimum atomic E-state index is -0.565. The first-order valence-corrected chi connectivity index (χ1v) is 7.59. The van der Waals surface area contributed by atoms with E-state index in [2.05, 4.69) is 26.1 Å². The molecule has 0 aromatic heterocycles. The Bertz CT molecular complexity index is 716. The Labute approximate surface area is 140 Å². The summed E-state index contributed by atoms with van der Waals surface area (Å²) < 4.78 is 17.8. The highest BCUT2D eigenvalue weighted by Gasteiger charge is 2.15. The van der Waals surface area contributed by atoms with Gasteiger partial charge in [-0.3, -0.25) is 4.79 Å². The molecule has 0 atom stereocenters. The molecule has 126 valence electrons. The van der Waals surface area contributed by atoms with E-state index in [1.54, 1.807) is 12.1 Å². The zero-order valence-corrected chi connectivity index (χ0v) is 13.9. The maximum atomic E-state index is 12.8. The van der Waals surface area contributed by atoms with Gasteiger partial charge in [0.2, 0.25) is 0 Å². The highest BCUT2D eigenvalue weighted by Crippen LogP contribution is 2.22. The Balaban J connectivity index is 1.88. The van der Waals surface area contributed by atoms with Crippen LogP contribution < -0.4 is 5.32 Å². The molecule has 0 fully saturated rings. The highest BCUT2D eigenvalue weighted by atomic mass is 19.1. The molecule has 0 radical (unpaired) electrons. The number of esters is 1. The molecule has 5 heteroatoms. The molecule has 0 aliphatic rings. The number of nitrogens with one attached hydrogen (secondary N) is 1. The molecular weight excluding hydrogens is 309 g/mol. The normalized spacial score (nSPS) is 11.0. The lowest BCUT2D eigenvalue weighted by molar-refractivity contribution is -0.119. The van der Waals surface area contributed by atoms with Crippen LogP contribution in [0, 0.1) is 5.82 Å². The highest BCUT2D eigenvalue weighted by molar-refractivity contribution is 5.95. The van der Waals surface area contributed by atoms with E-state index < -0.39 is 24.3 Å². The lowest BCUT2D eigenvalue weighted by Gasteiger charge is -2.18. The van der Waals surface area contributed by atoms with Gasteiger partial charge in [0.05, 0.1) is 5.56 Å². The Kier molecular flexibility index (Phi) is 5.34. The Hall–Kier alpha value is -2.69. The molecule has 0 saturated carbocycles. The number of carbonyl (C=O) groups excluding carboxylic acids is 2. The van der Waals surface area contributed by atoms with Gasteiger partial charge in [-0.05, 0) is 47.4 Å². The lowest BCUT2D eigenvalue weighted by Crippen LogP contribution is -2.21. The number of hydrogen-bond donors (Lipinski definition) is 1. The number of benzene rings is 2. The average Bonchev–Trinajstić information content (AvgIpc) is 2.54. The fourth-order valence-electron chi connectivity index (χ4n) is 2.05. The standard InChI is InChI=1S/C19H20FNO3/c1-19(2,3)14-6-4-13(5-7-14)18(23)24-12-17(22)21-16-10-8-15(20)9-11-16/h4-11H,12H2,1-3H3,(H,21,22). The fourth-order valence-corrected chi connectivity index (χ4v) is 2.05. The van der Waals surface area contributed by atoms with Crippen LogP contribution in [0.25, 0.3) is 0 Å².